The predicted molar refractivity (Wildman–Crippen MR) is 58.1 cm³/mol. The number of tetrazole rings is 1. The van der Waals surface area contributed by atoms with Gasteiger partial charge in [0, 0.05) is 0 Å². The molecule has 0 spiro atoms. The van der Waals surface area contributed by atoms with Gasteiger partial charge < -0.3 is 10.4 Å². The van der Waals surface area contributed by atoms with Crippen molar-refractivity contribution in [3.8, 4) is 0 Å². The first-order valence-electron chi connectivity index (χ1n) is 4.46. The molecule has 3 N–H and O–H groups in total. The number of carboxylic acid groups (broad SMARTS) is 1. The summed E-state index contributed by atoms with van der Waals surface area (Å²) in [7, 11) is 0. The molecule has 2 aromatic heterocycles. The van der Waals surface area contributed by atoms with Crippen LogP contribution in [0, 0.1) is 6.92 Å². The lowest BCUT2D eigenvalue weighted by molar-refractivity contribution is 0.0701. The maximum Gasteiger partial charge on any atom is 0.346 e. The maximum absolute atomic E-state index is 11.5. The molecule has 0 saturated carbocycles. The van der Waals surface area contributed by atoms with Gasteiger partial charge in [-0.25, -0.2) is 4.79 Å². The molecule has 9 heteroatoms. The standard InChI is InChI=1S/C8H7N5O3S/c1-3-2-4(17-5(3)8(15)16)9-7(14)6-10-12-13-11-6/h2H,1H3,(H,9,14)(H,15,16)(H,10,11,12,13). The van der Waals surface area contributed by atoms with Gasteiger partial charge in [0.05, 0.1) is 5.00 Å². The van der Waals surface area contributed by atoms with E-state index in [1.807, 2.05) is 0 Å². The van der Waals surface area contributed by atoms with Crippen LogP contribution in [0.3, 0.4) is 0 Å². The maximum atomic E-state index is 11.5. The fourth-order valence-corrected chi connectivity index (χ4v) is 2.09. The lowest BCUT2D eigenvalue weighted by Crippen LogP contribution is -2.12. The van der Waals surface area contributed by atoms with Gasteiger partial charge in [0.15, 0.2) is 0 Å². The summed E-state index contributed by atoms with van der Waals surface area (Å²) in [5.74, 6) is -1.67. The van der Waals surface area contributed by atoms with Crippen molar-refractivity contribution in [3.05, 3.63) is 22.3 Å². The van der Waals surface area contributed by atoms with Crippen molar-refractivity contribution in [1.82, 2.24) is 20.6 Å². The van der Waals surface area contributed by atoms with Gasteiger partial charge in [-0.3, -0.25) is 4.79 Å². The molecule has 17 heavy (non-hydrogen) atoms. The summed E-state index contributed by atoms with van der Waals surface area (Å²) in [4.78, 5) is 22.5. The quantitative estimate of drug-likeness (QED) is 0.733. The molecule has 0 bridgehead atoms. The molecular weight excluding hydrogens is 246 g/mol. The Morgan fingerprint density at radius 2 is 2.29 bits per heavy atom. The Morgan fingerprint density at radius 1 is 1.53 bits per heavy atom. The molecule has 88 valence electrons. The number of aryl methyl sites for hydroxylation is 1. The number of carbonyl (C=O) groups excluding carboxylic acids is 1. The Labute approximate surface area is 98.7 Å². The smallest absolute Gasteiger partial charge is 0.346 e. The van der Waals surface area contributed by atoms with Crippen LogP contribution in [-0.2, 0) is 0 Å². The Bertz CT molecular complexity index is 562. The van der Waals surface area contributed by atoms with Crippen LogP contribution in [0.5, 0.6) is 0 Å². The summed E-state index contributed by atoms with van der Waals surface area (Å²) in [6.07, 6.45) is 0. The van der Waals surface area contributed by atoms with Crippen LogP contribution in [0.4, 0.5) is 5.00 Å². The van der Waals surface area contributed by atoms with E-state index in [9.17, 15) is 9.59 Å². The number of carboxylic acids is 1. The highest BCUT2D eigenvalue weighted by atomic mass is 32.1. The van der Waals surface area contributed by atoms with Crippen molar-refractivity contribution in [2.75, 3.05) is 5.32 Å². The molecule has 1 amide bonds. The highest BCUT2D eigenvalue weighted by Gasteiger charge is 2.16. The number of thiophene rings is 1. The second kappa shape index (κ2) is 4.29. The summed E-state index contributed by atoms with van der Waals surface area (Å²) >= 11 is 0.976. The van der Waals surface area contributed by atoms with E-state index in [1.165, 1.54) is 0 Å². The van der Waals surface area contributed by atoms with Gasteiger partial charge in [0.25, 0.3) is 11.7 Å². The van der Waals surface area contributed by atoms with Gasteiger partial charge in [-0.05, 0) is 23.8 Å². The van der Waals surface area contributed by atoms with Gasteiger partial charge in [-0.1, -0.05) is 0 Å². The summed E-state index contributed by atoms with van der Waals surface area (Å²) < 4.78 is 0. The summed E-state index contributed by atoms with van der Waals surface area (Å²) in [6, 6.07) is 1.58. The van der Waals surface area contributed by atoms with Gasteiger partial charge in [0.2, 0.25) is 0 Å². The van der Waals surface area contributed by atoms with Gasteiger partial charge in [0.1, 0.15) is 4.88 Å². The van der Waals surface area contributed by atoms with Crippen molar-refractivity contribution < 1.29 is 14.7 Å². The first-order valence-corrected chi connectivity index (χ1v) is 5.28. The zero-order valence-electron chi connectivity index (χ0n) is 8.59. The Hall–Kier alpha value is -2.29. The van der Waals surface area contributed by atoms with Crippen LogP contribution in [0.15, 0.2) is 6.07 Å². The third kappa shape index (κ3) is 2.28. The van der Waals surface area contributed by atoms with Gasteiger partial charge >= 0.3 is 5.97 Å². The van der Waals surface area contributed by atoms with Crippen LogP contribution in [-0.4, -0.2) is 37.6 Å². The molecule has 0 atom stereocenters. The Kier molecular flexibility index (Phi) is 2.83. The van der Waals surface area contributed by atoms with Crippen molar-refractivity contribution in [3.63, 3.8) is 0 Å². The number of carbonyl (C=O) groups is 2. The first-order chi connectivity index (χ1) is 8.08. The molecule has 8 nitrogen and oxygen atoms in total. The minimum atomic E-state index is -1.02. The molecule has 0 aliphatic rings. The lowest BCUT2D eigenvalue weighted by Gasteiger charge is -1.95. The van der Waals surface area contributed by atoms with E-state index in [-0.39, 0.29) is 10.7 Å². The molecule has 0 radical (unpaired) electrons. The fourth-order valence-electron chi connectivity index (χ4n) is 1.18. The van der Waals surface area contributed by atoms with Crippen LogP contribution in [0.2, 0.25) is 0 Å². The van der Waals surface area contributed by atoms with Crippen molar-refractivity contribution >= 4 is 28.2 Å². The van der Waals surface area contributed by atoms with E-state index in [0.29, 0.717) is 10.6 Å². The number of hydrogen-bond acceptors (Lipinski definition) is 6. The predicted octanol–water partition coefficient (Wildman–Crippen LogP) is 0.520. The minimum absolute atomic E-state index is 0.104. The number of hydrogen-bond donors (Lipinski definition) is 3. The molecular formula is C8H7N5O3S. The third-order valence-electron chi connectivity index (χ3n) is 1.90. The number of nitrogens with one attached hydrogen (secondary N) is 2. The molecule has 0 unspecified atom stereocenters. The van der Waals surface area contributed by atoms with E-state index in [0.717, 1.165) is 11.3 Å². The number of aromatic carboxylic acids is 1. The van der Waals surface area contributed by atoms with Gasteiger partial charge in [-0.2, -0.15) is 5.21 Å². The molecule has 2 heterocycles. The topological polar surface area (TPSA) is 121 Å². The molecule has 0 fully saturated rings. The summed E-state index contributed by atoms with van der Waals surface area (Å²) in [5, 5.41) is 24.2. The monoisotopic (exact) mass is 253 g/mol. The van der Waals surface area contributed by atoms with Crippen molar-refractivity contribution in [2.24, 2.45) is 0 Å². The molecule has 0 saturated heterocycles. The molecule has 0 aliphatic heterocycles. The second-order valence-corrected chi connectivity index (χ2v) is 4.17. The molecule has 2 aromatic rings. The normalized spacial score (nSPS) is 10.2. The average Bonchev–Trinajstić information content (AvgIpc) is 2.86. The summed E-state index contributed by atoms with van der Waals surface area (Å²) in [5.41, 5.74) is 0.589. The van der Waals surface area contributed by atoms with Crippen molar-refractivity contribution in [2.45, 2.75) is 6.92 Å². The molecule has 0 aromatic carbocycles. The van der Waals surface area contributed by atoms with E-state index in [2.05, 4.69) is 25.9 Å². The highest BCUT2D eigenvalue weighted by molar-refractivity contribution is 7.18. The van der Waals surface area contributed by atoms with Crippen LogP contribution in [0.25, 0.3) is 0 Å². The SMILES string of the molecule is Cc1cc(NC(=O)c2nn[nH]n2)sc1C(=O)O. The van der Waals surface area contributed by atoms with E-state index in [4.69, 9.17) is 5.11 Å². The number of aromatic nitrogens is 4. The zero-order valence-corrected chi connectivity index (χ0v) is 9.41. The highest BCUT2D eigenvalue weighted by Crippen LogP contribution is 2.26. The minimum Gasteiger partial charge on any atom is -0.477 e. The Morgan fingerprint density at radius 3 is 2.82 bits per heavy atom. The molecule has 2 rings (SSSR count). The van der Waals surface area contributed by atoms with E-state index in [1.54, 1.807) is 13.0 Å². The zero-order chi connectivity index (χ0) is 12.4. The fraction of sp³-hybridized carbons (Fsp3) is 0.125. The number of nitrogens with zero attached hydrogens (tertiary/aromatic N) is 3. The molecule has 0 aliphatic carbocycles. The first kappa shape index (κ1) is 11.2. The van der Waals surface area contributed by atoms with Crippen LogP contribution < -0.4 is 5.32 Å². The van der Waals surface area contributed by atoms with Gasteiger partial charge in [-0.15, -0.1) is 21.5 Å². The van der Waals surface area contributed by atoms with E-state index < -0.39 is 11.9 Å². The van der Waals surface area contributed by atoms with Crippen LogP contribution in [0.1, 0.15) is 25.9 Å². The summed E-state index contributed by atoms with van der Waals surface area (Å²) in [6.45, 7) is 1.66. The number of rotatable bonds is 3. The number of anilines is 1. The second-order valence-electron chi connectivity index (χ2n) is 3.12. The Balaban J connectivity index is 2.17. The number of aromatic amines is 1. The van der Waals surface area contributed by atoms with Crippen LogP contribution >= 0.6 is 11.3 Å². The largest absolute Gasteiger partial charge is 0.477 e. The average molecular weight is 253 g/mol. The number of amides is 1. The lowest BCUT2D eigenvalue weighted by atomic mass is 10.3. The number of H-pyrrole nitrogens is 1. The van der Waals surface area contributed by atoms with Crippen molar-refractivity contribution in [1.29, 1.82) is 0 Å². The van der Waals surface area contributed by atoms with E-state index >= 15 is 0 Å². The third-order valence-corrected chi connectivity index (χ3v) is 3.04.